The average molecular weight is 344 g/mol. The van der Waals surface area contributed by atoms with Gasteiger partial charge in [0.25, 0.3) is 0 Å². The van der Waals surface area contributed by atoms with E-state index >= 15 is 0 Å². The Bertz CT molecular complexity index is 763. The van der Waals surface area contributed by atoms with Crippen LogP contribution in [0, 0.1) is 11.6 Å². The van der Waals surface area contributed by atoms with Crippen LogP contribution in [-0.2, 0) is 11.2 Å². The number of aryl methyl sites for hydroxylation is 1. The molecule has 0 spiro atoms. The Morgan fingerprint density at radius 3 is 2.84 bits per heavy atom. The molecule has 0 radical (unpaired) electrons. The van der Waals surface area contributed by atoms with E-state index in [-0.39, 0.29) is 24.5 Å². The van der Waals surface area contributed by atoms with Gasteiger partial charge in [0, 0.05) is 17.7 Å². The molecule has 0 bridgehead atoms. The molecule has 0 fully saturated rings. The molecule has 25 heavy (non-hydrogen) atoms. The van der Waals surface area contributed by atoms with Crippen LogP contribution < -0.4 is 10.6 Å². The van der Waals surface area contributed by atoms with Crippen molar-refractivity contribution in [3.8, 4) is 0 Å². The SMILES string of the molecule is C[C@@H](NCC(=O)N[C@@H]1CCCc2ccccc21)c1ccc(F)cc1F. The summed E-state index contributed by atoms with van der Waals surface area (Å²) in [7, 11) is 0. The highest BCUT2D eigenvalue weighted by Gasteiger charge is 2.21. The van der Waals surface area contributed by atoms with Crippen molar-refractivity contribution >= 4 is 5.91 Å². The number of benzene rings is 2. The minimum atomic E-state index is -0.610. The van der Waals surface area contributed by atoms with Crippen LogP contribution in [0.1, 0.15) is 48.5 Å². The molecule has 0 heterocycles. The molecule has 0 saturated carbocycles. The summed E-state index contributed by atoms with van der Waals surface area (Å²) in [5.74, 6) is -1.35. The smallest absolute Gasteiger partial charge is 0.234 e. The van der Waals surface area contributed by atoms with Gasteiger partial charge in [-0.1, -0.05) is 30.3 Å². The number of fused-ring (bicyclic) bond motifs is 1. The highest BCUT2D eigenvalue weighted by molar-refractivity contribution is 5.78. The molecular weight excluding hydrogens is 322 g/mol. The zero-order chi connectivity index (χ0) is 17.8. The predicted molar refractivity (Wildman–Crippen MR) is 93.0 cm³/mol. The Morgan fingerprint density at radius 2 is 2.04 bits per heavy atom. The first kappa shape index (κ1) is 17.5. The minimum absolute atomic E-state index is 0.0251. The van der Waals surface area contributed by atoms with Gasteiger partial charge in [-0.05, 0) is 43.4 Å². The van der Waals surface area contributed by atoms with Gasteiger partial charge in [0.05, 0.1) is 12.6 Å². The third kappa shape index (κ3) is 4.23. The lowest BCUT2D eigenvalue weighted by molar-refractivity contribution is -0.121. The van der Waals surface area contributed by atoms with E-state index in [0.717, 1.165) is 25.3 Å². The van der Waals surface area contributed by atoms with Gasteiger partial charge in [0.15, 0.2) is 0 Å². The van der Waals surface area contributed by atoms with Gasteiger partial charge in [-0.2, -0.15) is 0 Å². The molecule has 3 rings (SSSR count). The number of hydrogen-bond acceptors (Lipinski definition) is 2. The summed E-state index contributed by atoms with van der Waals surface area (Å²) in [5.41, 5.74) is 2.81. The number of carbonyl (C=O) groups excluding carboxylic acids is 1. The Labute approximate surface area is 146 Å². The molecule has 1 amide bonds. The van der Waals surface area contributed by atoms with Gasteiger partial charge in [0.2, 0.25) is 5.91 Å². The van der Waals surface area contributed by atoms with Gasteiger partial charge in [0.1, 0.15) is 11.6 Å². The summed E-state index contributed by atoms with van der Waals surface area (Å²) < 4.78 is 26.8. The Morgan fingerprint density at radius 1 is 1.24 bits per heavy atom. The maximum absolute atomic E-state index is 13.8. The largest absolute Gasteiger partial charge is 0.348 e. The van der Waals surface area contributed by atoms with Crippen molar-refractivity contribution in [2.24, 2.45) is 0 Å². The van der Waals surface area contributed by atoms with Crippen LogP contribution >= 0.6 is 0 Å². The number of amides is 1. The Hall–Kier alpha value is -2.27. The van der Waals surface area contributed by atoms with Gasteiger partial charge in [-0.25, -0.2) is 8.78 Å². The van der Waals surface area contributed by atoms with Crippen LogP contribution in [-0.4, -0.2) is 12.5 Å². The number of rotatable bonds is 5. The van der Waals surface area contributed by atoms with Crippen LogP contribution in [0.3, 0.4) is 0 Å². The first-order valence-electron chi connectivity index (χ1n) is 8.60. The third-order valence-corrected chi connectivity index (χ3v) is 4.70. The zero-order valence-corrected chi connectivity index (χ0v) is 14.2. The monoisotopic (exact) mass is 344 g/mol. The second-order valence-electron chi connectivity index (χ2n) is 6.48. The van der Waals surface area contributed by atoms with Crippen molar-refractivity contribution in [1.82, 2.24) is 10.6 Å². The lowest BCUT2D eigenvalue weighted by Crippen LogP contribution is -2.38. The molecule has 2 N–H and O–H groups in total. The van der Waals surface area contributed by atoms with E-state index < -0.39 is 11.6 Å². The number of hydrogen-bond donors (Lipinski definition) is 2. The molecule has 0 aliphatic heterocycles. The van der Waals surface area contributed by atoms with Crippen LogP contribution in [0.15, 0.2) is 42.5 Å². The van der Waals surface area contributed by atoms with Gasteiger partial charge < -0.3 is 10.6 Å². The second kappa shape index (κ2) is 7.74. The van der Waals surface area contributed by atoms with Crippen LogP contribution in [0.2, 0.25) is 0 Å². The maximum Gasteiger partial charge on any atom is 0.234 e. The summed E-state index contributed by atoms with van der Waals surface area (Å²) in [6.45, 7) is 1.83. The van der Waals surface area contributed by atoms with Crippen molar-refractivity contribution < 1.29 is 13.6 Å². The molecule has 132 valence electrons. The lowest BCUT2D eigenvalue weighted by atomic mass is 9.88. The lowest BCUT2D eigenvalue weighted by Gasteiger charge is -2.26. The fourth-order valence-corrected chi connectivity index (χ4v) is 3.36. The number of nitrogens with one attached hydrogen (secondary N) is 2. The summed E-state index contributed by atoms with van der Waals surface area (Å²) in [6.07, 6.45) is 3.01. The van der Waals surface area contributed by atoms with Crippen LogP contribution in [0.25, 0.3) is 0 Å². The first-order valence-corrected chi connectivity index (χ1v) is 8.60. The Balaban J connectivity index is 1.57. The van der Waals surface area contributed by atoms with Gasteiger partial charge >= 0.3 is 0 Å². The fraction of sp³-hybridized carbons (Fsp3) is 0.350. The van der Waals surface area contributed by atoms with E-state index in [1.807, 2.05) is 12.1 Å². The molecule has 1 aliphatic carbocycles. The van der Waals surface area contributed by atoms with E-state index in [1.54, 1.807) is 6.92 Å². The van der Waals surface area contributed by atoms with Crippen molar-refractivity contribution in [1.29, 1.82) is 0 Å². The molecule has 2 aromatic rings. The molecule has 0 unspecified atom stereocenters. The van der Waals surface area contributed by atoms with E-state index in [1.165, 1.54) is 23.3 Å². The summed E-state index contributed by atoms with van der Waals surface area (Å²) in [6, 6.07) is 11.3. The highest BCUT2D eigenvalue weighted by Crippen LogP contribution is 2.29. The molecule has 2 atom stereocenters. The first-order chi connectivity index (χ1) is 12.0. The normalized spacial score (nSPS) is 17.6. The summed E-state index contributed by atoms with van der Waals surface area (Å²) in [4.78, 5) is 12.3. The minimum Gasteiger partial charge on any atom is -0.348 e. The molecular formula is C20H22F2N2O. The topological polar surface area (TPSA) is 41.1 Å². The van der Waals surface area contributed by atoms with Crippen molar-refractivity contribution in [2.45, 2.75) is 38.3 Å². The van der Waals surface area contributed by atoms with Crippen molar-refractivity contribution in [3.63, 3.8) is 0 Å². The Kier molecular flexibility index (Phi) is 5.43. The molecule has 0 aromatic heterocycles. The zero-order valence-electron chi connectivity index (χ0n) is 14.2. The van der Waals surface area contributed by atoms with E-state index in [9.17, 15) is 13.6 Å². The average Bonchev–Trinajstić information content (AvgIpc) is 2.60. The molecule has 5 heteroatoms. The number of halogens is 2. The molecule has 2 aromatic carbocycles. The van der Waals surface area contributed by atoms with E-state index in [4.69, 9.17) is 0 Å². The van der Waals surface area contributed by atoms with Crippen LogP contribution in [0.5, 0.6) is 0 Å². The predicted octanol–water partition coefficient (Wildman–Crippen LogP) is 3.81. The standard InChI is InChI=1S/C20H22F2N2O/c1-13(16-10-9-15(21)11-18(16)22)23-12-20(25)24-19-8-4-6-14-5-2-3-7-17(14)19/h2-3,5,7,9-11,13,19,23H,4,6,8,12H2,1H3,(H,24,25)/t13-,19-/m1/s1. The maximum atomic E-state index is 13.8. The van der Waals surface area contributed by atoms with Crippen molar-refractivity contribution in [2.75, 3.05) is 6.54 Å². The third-order valence-electron chi connectivity index (χ3n) is 4.70. The van der Waals surface area contributed by atoms with E-state index in [0.29, 0.717) is 5.56 Å². The number of carbonyl (C=O) groups is 1. The highest BCUT2D eigenvalue weighted by atomic mass is 19.1. The quantitative estimate of drug-likeness (QED) is 0.866. The van der Waals surface area contributed by atoms with Gasteiger partial charge in [-0.3, -0.25) is 4.79 Å². The van der Waals surface area contributed by atoms with E-state index in [2.05, 4.69) is 22.8 Å². The molecule has 3 nitrogen and oxygen atoms in total. The molecule has 0 saturated heterocycles. The van der Waals surface area contributed by atoms with Gasteiger partial charge in [-0.15, -0.1) is 0 Å². The fourth-order valence-electron chi connectivity index (χ4n) is 3.36. The second-order valence-corrected chi connectivity index (χ2v) is 6.48. The van der Waals surface area contributed by atoms with Crippen molar-refractivity contribution in [3.05, 3.63) is 70.8 Å². The molecule has 1 aliphatic rings. The summed E-state index contributed by atoms with van der Waals surface area (Å²) >= 11 is 0. The summed E-state index contributed by atoms with van der Waals surface area (Å²) in [5, 5.41) is 6.05. The van der Waals surface area contributed by atoms with Crippen LogP contribution in [0.4, 0.5) is 8.78 Å².